The summed E-state index contributed by atoms with van der Waals surface area (Å²) in [6, 6.07) is 17.6. The number of carbonyl (C=O) groups is 1. The van der Waals surface area contributed by atoms with E-state index >= 15 is 0 Å². The fraction of sp³-hybridized carbons (Fsp3) is 0.250. The maximum absolute atomic E-state index is 12.0. The summed E-state index contributed by atoms with van der Waals surface area (Å²) in [7, 11) is 0. The van der Waals surface area contributed by atoms with Crippen LogP contribution in [0.2, 0.25) is 0 Å². The highest BCUT2D eigenvalue weighted by Crippen LogP contribution is 2.24. The van der Waals surface area contributed by atoms with E-state index in [1.165, 1.54) is 0 Å². The van der Waals surface area contributed by atoms with Crippen LogP contribution in [0.25, 0.3) is 11.3 Å². The zero-order valence-electron chi connectivity index (χ0n) is 18.8. The second-order valence-electron chi connectivity index (χ2n) is 7.29. The van der Waals surface area contributed by atoms with Gasteiger partial charge in [0.25, 0.3) is 0 Å². The minimum atomic E-state index is -0.161. The molecule has 1 heterocycles. The number of rotatable bonds is 8. The summed E-state index contributed by atoms with van der Waals surface area (Å²) in [6.07, 6.45) is 2.35. The van der Waals surface area contributed by atoms with Crippen LogP contribution in [0, 0.1) is 17.2 Å². The number of nitrogens with zero attached hydrogens (tertiary/aromatic N) is 3. The zero-order chi connectivity index (χ0) is 22.2. The number of anilines is 1. The van der Waals surface area contributed by atoms with Gasteiger partial charge in [-0.15, -0.1) is 0 Å². The quantitative estimate of drug-likeness (QED) is 0.485. The molecule has 0 bridgehead atoms. The van der Waals surface area contributed by atoms with Crippen molar-refractivity contribution in [2.75, 3.05) is 11.9 Å². The van der Waals surface area contributed by atoms with Gasteiger partial charge in [-0.05, 0) is 47.8 Å². The van der Waals surface area contributed by atoms with Crippen LogP contribution < -0.4 is 10.0 Å². The maximum atomic E-state index is 12.0. The fourth-order valence-corrected chi connectivity index (χ4v) is 3.42. The molecule has 3 aromatic rings. The lowest BCUT2D eigenvalue weighted by atomic mass is 10.1. The van der Waals surface area contributed by atoms with E-state index in [0.29, 0.717) is 23.5 Å². The highest BCUT2D eigenvalue weighted by molar-refractivity contribution is 7.97. The van der Waals surface area contributed by atoms with Crippen LogP contribution in [0.3, 0.4) is 0 Å². The number of hydrogen-bond acceptors (Lipinski definition) is 6. The topological polar surface area (TPSA) is 154 Å². The van der Waals surface area contributed by atoms with E-state index in [1.807, 2.05) is 26.0 Å². The lowest BCUT2D eigenvalue weighted by Crippen LogP contribution is -2.18. The molecule has 1 aromatic heterocycles. The van der Waals surface area contributed by atoms with Crippen LogP contribution in [0.15, 0.2) is 59.6 Å². The molecule has 3 rings (SSSR count). The van der Waals surface area contributed by atoms with Gasteiger partial charge in [0.05, 0.1) is 16.9 Å². The first-order valence-electron chi connectivity index (χ1n) is 10.2. The van der Waals surface area contributed by atoms with Gasteiger partial charge in [0.15, 0.2) is 0 Å². The van der Waals surface area contributed by atoms with Gasteiger partial charge < -0.3 is 16.3 Å². The molecular formula is C24H29N5O3S. The third kappa shape index (κ3) is 7.66. The summed E-state index contributed by atoms with van der Waals surface area (Å²) >= 11 is 1.61. The predicted octanol–water partition coefficient (Wildman–Crippen LogP) is 3.17. The van der Waals surface area contributed by atoms with Crippen LogP contribution in [-0.4, -0.2) is 33.4 Å². The monoisotopic (exact) mass is 467 g/mol. The molecule has 0 spiro atoms. The van der Waals surface area contributed by atoms with Gasteiger partial charge in [0, 0.05) is 35.5 Å². The largest absolute Gasteiger partial charge is 0.412 e. The molecule has 0 atom stereocenters. The van der Waals surface area contributed by atoms with Crippen molar-refractivity contribution in [3.63, 3.8) is 0 Å². The highest BCUT2D eigenvalue weighted by atomic mass is 32.2. The summed E-state index contributed by atoms with van der Waals surface area (Å²) in [5, 5.41) is 12.3. The third-order valence-corrected chi connectivity index (χ3v) is 5.48. The number of aromatic nitrogens is 2. The lowest BCUT2D eigenvalue weighted by Gasteiger charge is -2.11. The average Bonchev–Trinajstić information content (AvgIpc) is 2.79. The Labute approximate surface area is 198 Å². The summed E-state index contributed by atoms with van der Waals surface area (Å²) < 4.78 is 3.23. The molecule has 9 heteroatoms. The van der Waals surface area contributed by atoms with Gasteiger partial charge in [-0.3, -0.25) is 9.52 Å². The smallest absolute Gasteiger partial charge is 0.226 e. The molecule has 0 fully saturated rings. The molecule has 0 radical (unpaired) electrons. The maximum Gasteiger partial charge on any atom is 0.226 e. The number of amides is 1. The fourth-order valence-electron chi connectivity index (χ4n) is 2.84. The van der Waals surface area contributed by atoms with Gasteiger partial charge in [0.2, 0.25) is 5.91 Å². The Morgan fingerprint density at radius 3 is 2.48 bits per heavy atom. The number of carbonyl (C=O) groups excluding carboxylic acids is 1. The van der Waals surface area contributed by atoms with E-state index in [1.54, 1.807) is 30.3 Å². The Kier molecular flexibility index (Phi) is 11.2. The standard InChI is InChI=1S/C24H25N5OS.2H2O/c1-4-27-31-20-8-5-17(6-9-20)13-23-26-12-11-22(28-23)18-7-10-21(19(14-18)15-25)29-24(30)16(2)3;;/h5-12,14,16,27H,4,13H2,1-3H3,(H,29,30);2*1H2. The zero-order valence-corrected chi connectivity index (χ0v) is 19.7. The van der Waals surface area contributed by atoms with E-state index in [9.17, 15) is 10.1 Å². The number of nitriles is 1. The molecule has 0 aliphatic heterocycles. The summed E-state index contributed by atoms with van der Waals surface area (Å²) in [4.78, 5) is 22.2. The Bertz CT molecular complexity index is 1100. The second kappa shape index (κ2) is 13.3. The van der Waals surface area contributed by atoms with Gasteiger partial charge in [-0.1, -0.05) is 39.0 Å². The molecule has 0 aliphatic carbocycles. The average molecular weight is 468 g/mol. The molecule has 33 heavy (non-hydrogen) atoms. The van der Waals surface area contributed by atoms with Crippen molar-refractivity contribution < 1.29 is 15.7 Å². The molecule has 174 valence electrons. The van der Waals surface area contributed by atoms with Crippen LogP contribution in [0.4, 0.5) is 5.69 Å². The van der Waals surface area contributed by atoms with Crippen molar-refractivity contribution in [3.8, 4) is 17.3 Å². The molecule has 8 nitrogen and oxygen atoms in total. The van der Waals surface area contributed by atoms with E-state index in [-0.39, 0.29) is 22.8 Å². The lowest BCUT2D eigenvalue weighted by molar-refractivity contribution is -0.118. The Morgan fingerprint density at radius 1 is 1.12 bits per heavy atom. The second-order valence-corrected chi connectivity index (χ2v) is 8.26. The molecule has 6 N–H and O–H groups in total. The van der Waals surface area contributed by atoms with Crippen LogP contribution >= 0.6 is 11.9 Å². The van der Waals surface area contributed by atoms with Gasteiger partial charge in [-0.2, -0.15) is 5.26 Å². The van der Waals surface area contributed by atoms with Crippen LogP contribution in [-0.2, 0) is 11.2 Å². The predicted molar refractivity (Wildman–Crippen MR) is 132 cm³/mol. The Balaban J connectivity index is 0.00000272. The van der Waals surface area contributed by atoms with Crippen molar-refractivity contribution in [3.05, 3.63) is 71.7 Å². The van der Waals surface area contributed by atoms with Crippen LogP contribution in [0.5, 0.6) is 0 Å². The Morgan fingerprint density at radius 2 is 1.85 bits per heavy atom. The minimum absolute atomic E-state index is 0. The normalized spacial score (nSPS) is 10.0. The summed E-state index contributed by atoms with van der Waals surface area (Å²) in [5.41, 5.74) is 3.58. The van der Waals surface area contributed by atoms with Gasteiger partial charge in [0.1, 0.15) is 11.9 Å². The first-order valence-corrected chi connectivity index (χ1v) is 11.0. The van der Waals surface area contributed by atoms with E-state index in [0.717, 1.165) is 28.3 Å². The molecule has 0 saturated carbocycles. The molecule has 0 aliphatic rings. The van der Waals surface area contributed by atoms with Crippen molar-refractivity contribution in [2.24, 2.45) is 5.92 Å². The number of benzene rings is 2. The van der Waals surface area contributed by atoms with E-state index < -0.39 is 0 Å². The van der Waals surface area contributed by atoms with E-state index in [2.05, 4.69) is 57.3 Å². The molecule has 0 unspecified atom stereocenters. The SMILES string of the molecule is CCNSc1ccc(Cc2nccc(-c3ccc(NC(=O)C(C)C)c(C#N)c3)n2)cc1.O.O. The minimum Gasteiger partial charge on any atom is -0.412 e. The van der Waals surface area contributed by atoms with Crippen LogP contribution in [0.1, 0.15) is 37.7 Å². The van der Waals surface area contributed by atoms with Crippen molar-refractivity contribution in [2.45, 2.75) is 32.1 Å². The molecule has 0 saturated heterocycles. The van der Waals surface area contributed by atoms with Gasteiger partial charge >= 0.3 is 0 Å². The van der Waals surface area contributed by atoms with Crippen molar-refractivity contribution in [1.29, 1.82) is 5.26 Å². The summed E-state index contributed by atoms with van der Waals surface area (Å²) in [5.74, 6) is 0.426. The summed E-state index contributed by atoms with van der Waals surface area (Å²) in [6.45, 7) is 6.60. The van der Waals surface area contributed by atoms with E-state index in [4.69, 9.17) is 0 Å². The van der Waals surface area contributed by atoms with Gasteiger partial charge in [-0.25, -0.2) is 9.97 Å². The first kappa shape index (κ1) is 27.7. The number of nitrogens with one attached hydrogen (secondary N) is 2. The number of hydrogen-bond donors (Lipinski definition) is 2. The molecule has 1 amide bonds. The van der Waals surface area contributed by atoms with Crippen molar-refractivity contribution >= 4 is 23.5 Å². The highest BCUT2D eigenvalue weighted by Gasteiger charge is 2.12. The molecule has 2 aromatic carbocycles. The van der Waals surface area contributed by atoms with Crippen molar-refractivity contribution in [1.82, 2.24) is 14.7 Å². The first-order chi connectivity index (χ1) is 15.0. The third-order valence-electron chi connectivity index (χ3n) is 4.54. The Hall–Kier alpha value is -3.29. The molecular weight excluding hydrogens is 438 g/mol.